The summed E-state index contributed by atoms with van der Waals surface area (Å²) < 4.78 is 0. The molecule has 1 saturated heterocycles. The van der Waals surface area contributed by atoms with Crippen molar-refractivity contribution >= 4 is 5.91 Å². The molecule has 1 unspecified atom stereocenters. The van der Waals surface area contributed by atoms with E-state index in [1.54, 1.807) is 0 Å². The lowest BCUT2D eigenvalue weighted by Gasteiger charge is -2.15. The second-order valence-corrected chi connectivity index (χ2v) is 5.27. The number of amides is 1. The minimum Gasteiger partial charge on any atom is -0.354 e. The number of hydrogen-bond acceptors (Lipinski definition) is 4. The minimum absolute atomic E-state index is 0.0118. The summed E-state index contributed by atoms with van der Waals surface area (Å²) in [6.45, 7) is 4.16. The molecule has 0 radical (unpaired) electrons. The van der Waals surface area contributed by atoms with Gasteiger partial charge in [0.05, 0.1) is 19.0 Å². The van der Waals surface area contributed by atoms with Gasteiger partial charge in [-0.15, -0.1) is 0 Å². The average Bonchev–Trinajstić information content (AvgIpc) is 3.10. The van der Waals surface area contributed by atoms with Gasteiger partial charge in [-0.25, -0.2) is 0 Å². The Hall–Kier alpha value is -1.12. The molecule has 1 aliphatic carbocycles. The van der Waals surface area contributed by atoms with Crippen molar-refractivity contribution in [2.75, 3.05) is 32.7 Å². The molecule has 2 N–H and O–H groups in total. The fourth-order valence-electron chi connectivity index (χ4n) is 2.51. The first-order valence-corrected chi connectivity index (χ1v) is 6.88. The minimum atomic E-state index is -0.0118. The van der Waals surface area contributed by atoms with Crippen LogP contribution in [0.25, 0.3) is 0 Å². The Morgan fingerprint density at radius 1 is 1.39 bits per heavy atom. The molecule has 1 heterocycles. The predicted molar refractivity (Wildman–Crippen MR) is 68.8 cm³/mol. The third kappa shape index (κ3) is 4.28. The molecule has 1 atom stereocenters. The molecule has 0 aromatic rings. The van der Waals surface area contributed by atoms with Crippen LogP contribution in [0.3, 0.4) is 0 Å². The largest absolute Gasteiger partial charge is 0.354 e. The molecule has 2 fully saturated rings. The zero-order valence-corrected chi connectivity index (χ0v) is 10.8. The molecule has 18 heavy (non-hydrogen) atoms. The average molecular weight is 250 g/mol. The molecule has 1 saturated carbocycles. The van der Waals surface area contributed by atoms with Gasteiger partial charge in [-0.2, -0.15) is 5.26 Å². The van der Waals surface area contributed by atoms with Gasteiger partial charge in [-0.3, -0.25) is 4.79 Å². The van der Waals surface area contributed by atoms with Crippen LogP contribution < -0.4 is 10.6 Å². The highest BCUT2D eigenvalue weighted by Gasteiger charge is 2.33. The summed E-state index contributed by atoms with van der Waals surface area (Å²) in [4.78, 5) is 14.0. The maximum absolute atomic E-state index is 11.4. The first-order chi connectivity index (χ1) is 8.79. The molecule has 5 heteroatoms. The summed E-state index contributed by atoms with van der Waals surface area (Å²) in [5.74, 6) is 0.680. The van der Waals surface area contributed by atoms with E-state index < -0.39 is 0 Å². The van der Waals surface area contributed by atoms with Gasteiger partial charge in [0.2, 0.25) is 5.91 Å². The number of hydrogen-bond donors (Lipinski definition) is 2. The van der Waals surface area contributed by atoms with Crippen LogP contribution in [0.15, 0.2) is 0 Å². The van der Waals surface area contributed by atoms with Gasteiger partial charge < -0.3 is 15.5 Å². The van der Waals surface area contributed by atoms with E-state index in [2.05, 4.69) is 15.5 Å². The molecule has 1 amide bonds. The summed E-state index contributed by atoms with van der Waals surface area (Å²) in [5.41, 5.74) is 0. The summed E-state index contributed by atoms with van der Waals surface area (Å²) >= 11 is 0. The first-order valence-electron chi connectivity index (χ1n) is 6.88. The zero-order chi connectivity index (χ0) is 12.8. The fraction of sp³-hybridized carbons (Fsp3) is 0.846. The Bertz CT molecular complexity index is 321. The van der Waals surface area contributed by atoms with Gasteiger partial charge in [0, 0.05) is 19.1 Å². The number of carbonyl (C=O) groups is 1. The van der Waals surface area contributed by atoms with E-state index >= 15 is 0 Å². The van der Waals surface area contributed by atoms with Crippen LogP contribution in [0.2, 0.25) is 0 Å². The van der Waals surface area contributed by atoms with Crippen LogP contribution in [0.4, 0.5) is 0 Å². The lowest BCUT2D eigenvalue weighted by Crippen LogP contribution is -2.37. The SMILES string of the molecule is N#CCCNC(=O)CNCC1CCN(C2CC2)C1. The van der Waals surface area contributed by atoms with Crippen LogP contribution in [0.5, 0.6) is 0 Å². The molecule has 100 valence electrons. The second-order valence-electron chi connectivity index (χ2n) is 5.27. The maximum atomic E-state index is 11.4. The van der Waals surface area contributed by atoms with Gasteiger partial charge in [0.25, 0.3) is 0 Å². The third-order valence-electron chi connectivity index (χ3n) is 3.66. The highest BCUT2D eigenvalue weighted by molar-refractivity contribution is 5.77. The Morgan fingerprint density at radius 2 is 2.22 bits per heavy atom. The Morgan fingerprint density at radius 3 is 2.94 bits per heavy atom. The van der Waals surface area contributed by atoms with Crippen molar-refractivity contribution < 1.29 is 4.79 Å². The van der Waals surface area contributed by atoms with Crippen molar-refractivity contribution in [3.05, 3.63) is 0 Å². The van der Waals surface area contributed by atoms with Gasteiger partial charge in [-0.1, -0.05) is 0 Å². The Balaban J connectivity index is 1.50. The van der Waals surface area contributed by atoms with Crippen molar-refractivity contribution in [2.45, 2.75) is 31.7 Å². The van der Waals surface area contributed by atoms with Crippen molar-refractivity contribution in [1.82, 2.24) is 15.5 Å². The van der Waals surface area contributed by atoms with Crippen LogP contribution in [-0.4, -0.2) is 49.6 Å². The van der Waals surface area contributed by atoms with Gasteiger partial charge in [-0.05, 0) is 38.3 Å². The fourth-order valence-corrected chi connectivity index (χ4v) is 2.51. The lowest BCUT2D eigenvalue weighted by atomic mass is 10.1. The third-order valence-corrected chi connectivity index (χ3v) is 3.66. The molecule has 1 aliphatic heterocycles. The number of nitriles is 1. The number of nitrogens with zero attached hydrogens (tertiary/aromatic N) is 2. The molecule has 5 nitrogen and oxygen atoms in total. The Kier molecular flexibility index (Phi) is 4.97. The quantitative estimate of drug-likeness (QED) is 0.628. The van der Waals surface area contributed by atoms with Crippen molar-refractivity contribution in [3.63, 3.8) is 0 Å². The van der Waals surface area contributed by atoms with Crippen LogP contribution >= 0.6 is 0 Å². The lowest BCUT2D eigenvalue weighted by molar-refractivity contribution is -0.120. The molecule has 0 bridgehead atoms. The van der Waals surface area contributed by atoms with E-state index in [1.165, 1.54) is 32.4 Å². The van der Waals surface area contributed by atoms with E-state index in [0.29, 0.717) is 25.4 Å². The highest BCUT2D eigenvalue weighted by atomic mass is 16.1. The number of rotatable bonds is 7. The van der Waals surface area contributed by atoms with E-state index in [-0.39, 0.29) is 5.91 Å². The highest BCUT2D eigenvalue weighted by Crippen LogP contribution is 2.31. The van der Waals surface area contributed by atoms with Gasteiger partial charge in [0.15, 0.2) is 0 Å². The first kappa shape index (κ1) is 13.3. The van der Waals surface area contributed by atoms with Crippen LogP contribution in [0.1, 0.15) is 25.7 Å². The standard InChI is InChI=1S/C13H22N4O/c14-5-1-6-16-13(18)9-15-8-11-4-7-17(10-11)12-2-3-12/h11-12,15H,1-4,6-10H2,(H,16,18). The summed E-state index contributed by atoms with van der Waals surface area (Å²) in [7, 11) is 0. The zero-order valence-electron chi connectivity index (χ0n) is 10.8. The molecule has 2 rings (SSSR count). The van der Waals surface area contributed by atoms with Crippen LogP contribution in [0, 0.1) is 17.2 Å². The van der Waals surface area contributed by atoms with Crippen molar-refractivity contribution in [2.24, 2.45) is 5.92 Å². The van der Waals surface area contributed by atoms with E-state index in [9.17, 15) is 4.79 Å². The Labute approximate surface area is 109 Å². The van der Waals surface area contributed by atoms with E-state index in [4.69, 9.17) is 5.26 Å². The normalized spacial score (nSPS) is 23.8. The van der Waals surface area contributed by atoms with Crippen LogP contribution in [-0.2, 0) is 4.79 Å². The van der Waals surface area contributed by atoms with Crippen molar-refractivity contribution in [3.8, 4) is 6.07 Å². The number of nitrogens with one attached hydrogen (secondary N) is 2. The summed E-state index contributed by atoms with van der Waals surface area (Å²) in [6.07, 6.45) is 4.38. The molecular weight excluding hydrogens is 228 g/mol. The molecule has 0 aromatic heterocycles. The molecular formula is C13H22N4O. The molecule has 0 spiro atoms. The predicted octanol–water partition coefficient (Wildman–Crippen LogP) is 0.0902. The smallest absolute Gasteiger partial charge is 0.233 e. The maximum Gasteiger partial charge on any atom is 0.233 e. The molecule has 2 aliphatic rings. The second kappa shape index (κ2) is 6.72. The molecule has 0 aromatic carbocycles. The van der Waals surface area contributed by atoms with Gasteiger partial charge in [0.1, 0.15) is 0 Å². The van der Waals surface area contributed by atoms with Gasteiger partial charge >= 0.3 is 0 Å². The monoisotopic (exact) mass is 250 g/mol. The number of carbonyl (C=O) groups excluding carboxylic acids is 1. The summed E-state index contributed by atoms with van der Waals surface area (Å²) in [6, 6.07) is 2.87. The van der Waals surface area contributed by atoms with Crippen molar-refractivity contribution in [1.29, 1.82) is 5.26 Å². The van der Waals surface area contributed by atoms with E-state index in [0.717, 1.165) is 12.6 Å². The van der Waals surface area contributed by atoms with E-state index in [1.807, 2.05) is 6.07 Å². The topological polar surface area (TPSA) is 68.2 Å². The number of likely N-dealkylation sites (tertiary alicyclic amines) is 1. The summed E-state index contributed by atoms with van der Waals surface area (Å²) in [5, 5.41) is 14.3.